The van der Waals surface area contributed by atoms with Crippen molar-refractivity contribution < 1.29 is 17.6 Å². The number of amides is 1. The lowest BCUT2D eigenvalue weighted by molar-refractivity contribution is 0.0750. The Labute approximate surface area is 116 Å². The predicted octanol–water partition coefficient (Wildman–Crippen LogP) is 0.604. The molecule has 6 nitrogen and oxygen atoms in total. The largest absolute Gasteiger partial charge is 0.285 e. The van der Waals surface area contributed by atoms with E-state index in [4.69, 9.17) is 5.14 Å². The van der Waals surface area contributed by atoms with Gasteiger partial charge in [0.15, 0.2) is 0 Å². The molecule has 1 aliphatic heterocycles. The van der Waals surface area contributed by atoms with Crippen molar-refractivity contribution in [3.63, 3.8) is 0 Å². The molecule has 1 aromatic rings. The molecule has 0 unspecified atom stereocenters. The minimum atomic E-state index is -4.19. The lowest BCUT2D eigenvalue weighted by Gasteiger charge is -2.26. The van der Waals surface area contributed by atoms with Crippen LogP contribution in [-0.2, 0) is 10.0 Å². The molecule has 1 saturated heterocycles. The molecular weight excluding hydrogens is 285 g/mol. The standard InChI is InChI=1S/C12H16FN3O3S/c13-10-5-4-9(8-11(10)20(14,18)19)12(17)15-16-6-2-1-3-7-16/h4-5,8H,1-3,6-7H2,(H,15,17)(H2,14,18,19). The first-order valence-electron chi connectivity index (χ1n) is 6.26. The third-order valence-electron chi connectivity index (χ3n) is 3.12. The minimum absolute atomic E-state index is 0.0565. The van der Waals surface area contributed by atoms with Crippen molar-refractivity contribution >= 4 is 15.9 Å². The van der Waals surface area contributed by atoms with E-state index in [1.807, 2.05) is 0 Å². The van der Waals surface area contributed by atoms with Crippen molar-refractivity contribution in [2.24, 2.45) is 5.14 Å². The Kier molecular flexibility index (Phi) is 4.36. The Hall–Kier alpha value is -1.51. The van der Waals surface area contributed by atoms with Crippen LogP contribution in [0.4, 0.5) is 4.39 Å². The van der Waals surface area contributed by atoms with E-state index in [1.54, 1.807) is 5.01 Å². The SMILES string of the molecule is NS(=O)(=O)c1cc(C(=O)NN2CCCCC2)ccc1F. The molecule has 1 aliphatic rings. The number of sulfonamides is 1. The third-order valence-corrected chi connectivity index (χ3v) is 4.04. The summed E-state index contributed by atoms with van der Waals surface area (Å²) < 4.78 is 35.8. The van der Waals surface area contributed by atoms with Crippen LogP contribution in [0, 0.1) is 5.82 Å². The van der Waals surface area contributed by atoms with Crippen LogP contribution in [0.1, 0.15) is 29.6 Å². The molecule has 1 heterocycles. The van der Waals surface area contributed by atoms with Crippen molar-refractivity contribution in [3.05, 3.63) is 29.6 Å². The van der Waals surface area contributed by atoms with E-state index in [1.165, 1.54) is 6.07 Å². The number of primary sulfonamides is 1. The number of hydrogen-bond donors (Lipinski definition) is 2. The van der Waals surface area contributed by atoms with E-state index in [0.29, 0.717) is 0 Å². The summed E-state index contributed by atoms with van der Waals surface area (Å²) >= 11 is 0. The van der Waals surface area contributed by atoms with Gasteiger partial charge in [-0.15, -0.1) is 0 Å². The molecule has 1 amide bonds. The lowest BCUT2D eigenvalue weighted by atomic mass is 10.1. The number of benzene rings is 1. The van der Waals surface area contributed by atoms with Gasteiger partial charge in [0.1, 0.15) is 10.7 Å². The Morgan fingerprint density at radius 1 is 1.25 bits per heavy atom. The maximum atomic E-state index is 13.4. The van der Waals surface area contributed by atoms with Gasteiger partial charge < -0.3 is 0 Å². The zero-order chi connectivity index (χ0) is 14.8. The molecule has 8 heteroatoms. The van der Waals surface area contributed by atoms with E-state index in [-0.39, 0.29) is 5.56 Å². The van der Waals surface area contributed by atoms with E-state index < -0.39 is 26.6 Å². The van der Waals surface area contributed by atoms with Gasteiger partial charge in [0.05, 0.1) is 0 Å². The summed E-state index contributed by atoms with van der Waals surface area (Å²) in [5, 5.41) is 6.67. The van der Waals surface area contributed by atoms with Gasteiger partial charge in [0.25, 0.3) is 5.91 Å². The first-order valence-corrected chi connectivity index (χ1v) is 7.81. The second kappa shape index (κ2) is 5.86. The number of nitrogens with zero attached hydrogens (tertiary/aromatic N) is 1. The molecule has 0 bridgehead atoms. The molecule has 20 heavy (non-hydrogen) atoms. The average molecular weight is 301 g/mol. The Balaban J connectivity index is 2.18. The highest BCUT2D eigenvalue weighted by molar-refractivity contribution is 7.89. The molecule has 110 valence electrons. The number of carbonyl (C=O) groups excluding carboxylic acids is 1. The fraction of sp³-hybridized carbons (Fsp3) is 0.417. The quantitative estimate of drug-likeness (QED) is 0.855. The maximum absolute atomic E-state index is 13.4. The lowest BCUT2D eigenvalue weighted by Crippen LogP contribution is -2.45. The molecule has 1 fully saturated rings. The minimum Gasteiger partial charge on any atom is -0.285 e. The zero-order valence-corrected chi connectivity index (χ0v) is 11.6. The fourth-order valence-corrected chi connectivity index (χ4v) is 2.71. The van der Waals surface area contributed by atoms with Gasteiger partial charge in [-0.1, -0.05) is 6.42 Å². The highest BCUT2D eigenvalue weighted by atomic mass is 32.2. The summed E-state index contributed by atoms with van der Waals surface area (Å²) in [7, 11) is -4.19. The second-order valence-electron chi connectivity index (χ2n) is 4.68. The normalized spacial score (nSPS) is 16.9. The number of piperidine rings is 1. The summed E-state index contributed by atoms with van der Waals surface area (Å²) in [6.45, 7) is 1.49. The van der Waals surface area contributed by atoms with Crippen LogP contribution < -0.4 is 10.6 Å². The van der Waals surface area contributed by atoms with Gasteiger partial charge in [0.2, 0.25) is 10.0 Å². The van der Waals surface area contributed by atoms with Crippen LogP contribution in [0.25, 0.3) is 0 Å². The van der Waals surface area contributed by atoms with Crippen molar-refractivity contribution in [2.45, 2.75) is 24.2 Å². The van der Waals surface area contributed by atoms with E-state index >= 15 is 0 Å². The van der Waals surface area contributed by atoms with E-state index in [0.717, 1.165) is 44.5 Å². The Bertz CT molecular complexity index is 612. The highest BCUT2D eigenvalue weighted by Crippen LogP contribution is 2.15. The summed E-state index contributed by atoms with van der Waals surface area (Å²) in [5.74, 6) is -1.45. The van der Waals surface area contributed by atoms with Crippen LogP contribution in [0.3, 0.4) is 0 Å². The Morgan fingerprint density at radius 2 is 1.90 bits per heavy atom. The van der Waals surface area contributed by atoms with Crippen molar-refractivity contribution in [1.29, 1.82) is 0 Å². The van der Waals surface area contributed by atoms with Crippen molar-refractivity contribution in [1.82, 2.24) is 10.4 Å². The number of hydrazine groups is 1. The topological polar surface area (TPSA) is 92.5 Å². The van der Waals surface area contributed by atoms with Gasteiger partial charge in [-0.2, -0.15) is 0 Å². The highest BCUT2D eigenvalue weighted by Gasteiger charge is 2.19. The number of hydrogen-bond acceptors (Lipinski definition) is 4. The van der Waals surface area contributed by atoms with Crippen LogP contribution in [0.5, 0.6) is 0 Å². The number of nitrogens with two attached hydrogens (primary N) is 1. The number of carbonyl (C=O) groups is 1. The summed E-state index contributed by atoms with van der Waals surface area (Å²) in [5.41, 5.74) is 2.73. The maximum Gasteiger partial charge on any atom is 0.265 e. The van der Waals surface area contributed by atoms with Crippen LogP contribution in [0.2, 0.25) is 0 Å². The van der Waals surface area contributed by atoms with Crippen molar-refractivity contribution in [3.8, 4) is 0 Å². The molecule has 0 saturated carbocycles. The van der Waals surface area contributed by atoms with Gasteiger partial charge in [0, 0.05) is 18.7 Å². The monoisotopic (exact) mass is 301 g/mol. The number of halogens is 1. The van der Waals surface area contributed by atoms with Crippen LogP contribution >= 0.6 is 0 Å². The third kappa shape index (κ3) is 3.53. The molecule has 0 spiro atoms. The molecule has 2 rings (SSSR count). The zero-order valence-electron chi connectivity index (χ0n) is 10.8. The molecule has 1 aromatic carbocycles. The summed E-state index contributed by atoms with van der Waals surface area (Å²) in [6.07, 6.45) is 3.11. The van der Waals surface area contributed by atoms with Crippen LogP contribution in [0.15, 0.2) is 23.1 Å². The van der Waals surface area contributed by atoms with E-state index in [2.05, 4.69) is 5.43 Å². The van der Waals surface area contributed by atoms with Crippen molar-refractivity contribution in [2.75, 3.05) is 13.1 Å². The van der Waals surface area contributed by atoms with Gasteiger partial charge in [-0.05, 0) is 31.0 Å². The van der Waals surface area contributed by atoms with Gasteiger partial charge in [-0.25, -0.2) is 23.0 Å². The Morgan fingerprint density at radius 3 is 2.50 bits per heavy atom. The fourth-order valence-electron chi connectivity index (χ4n) is 2.08. The predicted molar refractivity (Wildman–Crippen MR) is 70.7 cm³/mol. The van der Waals surface area contributed by atoms with Crippen LogP contribution in [-0.4, -0.2) is 32.4 Å². The average Bonchev–Trinajstić information content (AvgIpc) is 2.39. The molecule has 0 aliphatic carbocycles. The molecule has 0 atom stereocenters. The number of nitrogens with one attached hydrogen (secondary N) is 1. The van der Waals surface area contributed by atoms with E-state index in [9.17, 15) is 17.6 Å². The molecule has 3 N–H and O–H groups in total. The first-order chi connectivity index (χ1) is 9.38. The van der Waals surface area contributed by atoms with Gasteiger partial charge in [-0.3, -0.25) is 10.2 Å². The first kappa shape index (κ1) is 14.9. The summed E-state index contributed by atoms with van der Waals surface area (Å²) in [6, 6.07) is 3.10. The summed E-state index contributed by atoms with van der Waals surface area (Å²) in [4.78, 5) is 11.3. The molecular formula is C12H16FN3O3S. The van der Waals surface area contributed by atoms with Gasteiger partial charge >= 0.3 is 0 Å². The molecule has 0 aromatic heterocycles. The smallest absolute Gasteiger partial charge is 0.265 e. The second-order valence-corrected chi connectivity index (χ2v) is 6.21. The molecule has 0 radical (unpaired) electrons. The number of rotatable bonds is 3.